The third-order valence-electron chi connectivity index (χ3n) is 1.78. The maximum Gasteiger partial charge on any atom is 0.137 e. The summed E-state index contributed by atoms with van der Waals surface area (Å²) in [4.78, 5) is 0. The summed E-state index contributed by atoms with van der Waals surface area (Å²) in [5, 5.41) is 3.24. The first-order chi connectivity index (χ1) is 5.47. The van der Waals surface area contributed by atoms with Gasteiger partial charge < -0.3 is 9.15 Å². The third kappa shape index (κ3) is 1.44. The van der Waals surface area contributed by atoms with Gasteiger partial charge in [0.2, 0.25) is 0 Å². The molecule has 1 aliphatic heterocycles. The van der Waals surface area contributed by atoms with Crippen molar-refractivity contribution in [2.75, 3.05) is 13.2 Å². The average molecular weight is 153 g/mol. The smallest absolute Gasteiger partial charge is 0.137 e. The highest BCUT2D eigenvalue weighted by atomic mass is 16.5. The van der Waals surface area contributed by atoms with E-state index in [9.17, 15) is 0 Å². The topological polar surface area (TPSA) is 34.4 Å². The standard InChI is InChI=1S/C8H11NO2/c1-3-9-8(11-4-1)7-2-5-10-6-7/h2,5-6,8-9H,1,3-4H2. The summed E-state index contributed by atoms with van der Waals surface area (Å²) >= 11 is 0. The monoisotopic (exact) mass is 153 g/mol. The van der Waals surface area contributed by atoms with Crippen LogP contribution in [-0.2, 0) is 4.74 Å². The molecule has 1 fully saturated rings. The average Bonchev–Trinajstić information content (AvgIpc) is 2.58. The van der Waals surface area contributed by atoms with Crippen LogP contribution in [0.1, 0.15) is 18.2 Å². The predicted octanol–water partition coefficient (Wildman–Crippen LogP) is 1.29. The number of furan rings is 1. The number of nitrogens with one attached hydrogen (secondary N) is 1. The molecule has 1 aromatic heterocycles. The molecule has 0 aromatic carbocycles. The number of ether oxygens (including phenoxy) is 1. The molecular formula is C8H11NO2. The molecule has 1 atom stereocenters. The van der Waals surface area contributed by atoms with Gasteiger partial charge in [-0.1, -0.05) is 0 Å². The van der Waals surface area contributed by atoms with Gasteiger partial charge in [-0.2, -0.15) is 0 Å². The minimum Gasteiger partial charge on any atom is -0.472 e. The molecule has 2 rings (SSSR count). The fraction of sp³-hybridized carbons (Fsp3) is 0.500. The Kier molecular flexibility index (Phi) is 1.92. The summed E-state index contributed by atoms with van der Waals surface area (Å²) in [7, 11) is 0. The molecule has 60 valence electrons. The minimum atomic E-state index is 0.0440. The van der Waals surface area contributed by atoms with Gasteiger partial charge in [-0.15, -0.1) is 0 Å². The molecule has 0 saturated carbocycles. The number of rotatable bonds is 1. The Bertz CT molecular complexity index is 202. The second-order valence-electron chi connectivity index (χ2n) is 2.62. The molecule has 3 heteroatoms. The van der Waals surface area contributed by atoms with Crippen molar-refractivity contribution >= 4 is 0 Å². The van der Waals surface area contributed by atoms with Gasteiger partial charge in [-0.25, -0.2) is 0 Å². The highest BCUT2D eigenvalue weighted by Gasteiger charge is 2.15. The summed E-state index contributed by atoms with van der Waals surface area (Å²) in [6.07, 6.45) is 4.51. The highest BCUT2D eigenvalue weighted by molar-refractivity contribution is 5.08. The van der Waals surface area contributed by atoms with Crippen molar-refractivity contribution in [3.63, 3.8) is 0 Å². The van der Waals surface area contributed by atoms with Crippen molar-refractivity contribution in [1.29, 1.82) is 0 Å². The van der Waals surface area contributed by atoms with E-state index in [2.05, 4.69) is 5.32 Å². The molecule has 1 saturated heterocycles. The van der Waals surface area contributed by atoms with Crippen LogP contribution < -0.4 is 5.32 Å². The fourth-order valence-electron chi connectivity index (χ4n) is 1.20. The molecule has 1 N–H and O–H groups in total. The van der Waals surface area contributed by atoms with Gasteiger partial charge in [0, 0.05) is 12.1 Å². The van der Waals surface area contributed by atoms with Crippen LogP contribution in [0.2, 0.25) is 0 Å². The van der Waals surface area contributed by atoms with Crippen LogP contribution in [0, 0.1) is 0 Å². The minimum absolute atomic E-state index is 0.0440. The van der Waals surface area contributed by atoms with Gasteiger partial charge in [-0.3, -0.25) is 5.32 Å². The molecule has 0 aliphatic carbocycles. The molecular weight excluding hydrogens is 142 g/mol. The van der Waals surface area contributed by atoms with Crippen molar-refractivity contribution in [3.8, 4) is 0 Å². The van der Waals surface area contributed by atoms with Crippen molar-refractivity contribution < 1.29 is 9.15 Å². The Morgan fingerprint density at radius 3 is 3.18 bits per heavy atom. The second-order valence-corrected chi connectivity index (χ2v) is 2.62. The Labute approximate surface area is 65.3 Å². The maximum absolute atomic E-state index is 5.45. The van der Waals surface area contributed by atoms with Gasteiger partial charge in [0.25, 0.3) is 0 Å². The van der Waals surface area contributed by atoms with Gasteiger partial charge in [0.05, 0.1) is 19.1 Å². The predicted molar refractivity (Wildman–Crippen MR) is 40.0 cm³/mol. The van der Waals surface area contributed by atoms with Crippen molar-refractivity contribution in [3.05, 3.63) is 24.2 Å². The Hall–Kier alpha value is -0.800. The Balaban J connectivity index is 2.04. The normalized spacial score (nSPS) is 25.3. The molecule has 0 amide bonds. The van der Waals surface area contributed by atoms with Crippen molar-refractivity contribution in [1.82, 2.24) is 5.32 Å². The molecule has 0 radical (unpaired) electrons. The molecule has 2 heterocycles. The molecule has 1 aliphatic rings. The van der Waals surface area contributed by atoms with Gasteiger partial charge in [0.15, 0.2) is 0 Å². The van der Waals surface area contributed by atoms with Crippen LogP contribution in [0.4, 0.5) is 0 Å². The van der Waals surface area contributed by atoms with Crippen LogP contribution in [0.15, 0.2) is 23.0 Å². The zero-order valence-electron chi connectivity index (χ0n) is 6.25. The number of hydrogen-bond donors (Lipinski definition) is 1. The number of hydrogen-bond acceptors (Lipinski definition) is 3. The Morgan fingerprint density at radius 1 is 1.55 bits per heavy atom. The zero-order chi connectivity index (χ0) is 7.52. The first kappa shape index (κ1) is 6.88. The highest BCUT2D eigenvalue weighted by Crippen LogP contribution is 2.17. The first-order valence-corrected chi connectivity index (χ1v) is 3.84. The van der Waals surface area contributed by atoms with E-state index in [1.807, 2.05) is 6.07 Å². The maximum atomic E-state index is 5.45. The van der Waals surface area contributed by atoms with Crippen LogP contribution in [0.3, 0.4) is 0 Å². The summed E-state index contributed by atoms with van der Waals surface area (Å²) in [6.45, 7) is 1.86. The van der Waals surface area contributed by atoms with Crippen LogP contribution in [0.5, 0.6) is 0 Å². The summed E-state index contributed by atoms with van der Waals surface area (Å²) < 4.78 is 10.4. The van der Waals surface area contributed by atoms with E-state index < -0.39 is 0 Å². The van der Waals surface area contributed by atoms with Gasteiger partial charge >= 0.3 is 0 Å². The largest absolute Gasteiger partial charge is 0.472 e. The second kappa shape index (κ2) is 3.07. The van der Waals surface area contributed by atoms with Gasteiger partial charge in [-0.05, 0) is 12.5 Å². The Morgan fingerprint density at radius 2 is 2.55 bits per heavy atom. The van der Waals surface area contributed by atoms with E-state index in [4.69, 9.17) is 9.15 Å². The summed E-state index contributed by atoms with van der Waals surface area (Å²) in [6, 6.07) is 1.92. The molecule has 0 spiro atoms. The lowest BCUT2D eigenvalue weighted by atomic mass is 10.2. The summed E-state index contributed by atoms with van der Waals surface area (Å²) in [5.74, 6) is 0. The quantitative estimate of drug-likeness (QED) is 0.660. The summed E-state index contributed by atoms with van der Waals surface area (Å²) in [5.41, 5.74) is 1.07. The lowest BCUT2D eigenvalue weighted by Crippen LogP contribution is -2.30. The molecule has 1 aromatic rings. The third-order valence-corrected chi connectivity index (χ3v) is 1.78. The first-order valence-electron chi connectivity index (χ1n) is 3.84. The SMILES string of the molecule is c1cc(C2NCCCO2)co1. The molecule has 1 unspecified atom stereocenters. The van der Waals surface area contributed by atoms with Crippen molar-refractivity contribution in [2.24, 2.45) is 0 Å². The van der Waals surface area contributed by atoms with Gasteiger partial charge in [0.1, 0.15) is 6.23 Å². The van der Waals surface area contributed by atoms with E-state index >= 15 is 0 Å². The van der Waals surface area contributed by atoms with E-state index in [1.54, 1.807) is 12.5 Å². The fourth-order valence-corrected chi connectivity index (χ4v) is 1.20. The lowest BCUT2D eigenvalue weighted by Gasteiger charge is -2.22. The lowest BCUT2D eigenvalue weighted by molar-refractivity contribution is -0.000637. The van der Waals surface area contributed by atoms with Crippen molar-refractivity contribution in [2.45, 2.75) is 12.6 Å². The van der Waals surface area contributed by atoms with E-state index in [0.29, 0.717) is 0 Å². The van der Waals surface area contributed by atoms with E-state index in [0.717, 1.165) is 25.1 Å². The van der Waals surface area contributed by atoms with Crippen LogP contribution >= 0.6 is 0 Å². The van der Waals surface area contributed by atoms with E-state index in [1.165, 1.54) is 0 Å². The van der Waals surface area contributed by atoms with E-state index in [-0.39, 0.29) is 6.23 Å². The molecule has 3 nitrogen and oxygen atoms in total. The molecule has 0 bridgehead atoms. The van der Waals surface area contributed by atoms with Crippen LogP contribution in [0.25, 0.3) is 0 Å². The van der Waals surface area contributed by atoms with Crippen LogP contribution in [-0.4, -0.2) is 13.2 Å². The molecule has 11 heavy (non-hydrogen) atoms. The zero-order valence-corrected chi connectivity index (χ0v) is 6.25.